The maximum absolute atomic E-state index is 12.3. The highest BCUT2D eigenvalue weighted by Gasteiger charge is 2.14. The van der Waals surface area contributed by atoms with E-state index in [1.54, 1.807) is 13.8 Å². The lowest BCUT2D eigenvalue weighted by Crippen LogP contribution is -2.18. The van der Waals surface area contributed by atoms with Crippen molar-refractivity contribution in [2.24, 2.45) is 0 Å². The van der Waals surface area contributed by atoms with E-state index in [0.29, 0.717) is 12.2 Å². The zero-order chi connectivity index (χ0) is 52.0. The minimum absolute atomic E-state index is 0.0246. The van der Waals surface area contributed by atoms with Crippen molar-refractivity contribution in [1.29, 1.82) is 0 Å². The van der Waals surface area contributed by atoms with Crippen molar-refractivity contribution in [3.63, 3.8) is 0 Å². The van der Waals surface area contributed by atoms with Gasteiger partial charge in [-0.1, -0.05) is 261 Å². The first-order chi connectivity index (χ1) is 32.9. The molecule has 412 valence electrons. The lowest BCUT2D eigenvalue weighted by molar-refractivity contribution is -0.150. The number of ketones is 2. The number of ether oxygens (including phenoxy) is 1. The zero-order valence-electron chi connectivity index (χ0n) is 48.6. The Kier molecular flexibility index (Phi) is 77.9. The Labute approximate surface area is 428 Å². The third kappa shape index (κ3) is 81.7. The number of carbonyl (C=O) groups is 3. The van der Waals surface area contributed by atoms with E-state index in [9.17, 15) is 24.6 Å². The summed E-state index contributed by atoms with van der Waals surface area (Å²) in [5.41, 5.74) is 0. The summed E-state index contributed by atoms with van der Waals surface area (Å²) in [6.45, 7) is 23.0. The lowest BCUT2D eigenvalue weighted by atomic mass is 10.0. The van der Waals surface area contributed by atoms with Crippen LogP contribution in [0.1, 0.15) is 365 Å². The van der Waals surface area contributed by atoms with E-state index < -0.39 is 0 Å². The third-order valence-electron chi connectivity index (χ3n) is 12.6. The molecule has 0 aromatic carbocycles. The molecule has 0 saturated carbocycles. The Morgan fingerprint density at radius 2 is 0.559 bits per heavy atom. The molecule has 2 N–H and O–H groups in total. The van der Waals surface area contributed by atoms with E-state index >= 15 is 0 Å². The van der Waals surface area contributed by atoms with Gasteiger partial charge in [0, 0.05) is 19.3 Å². The summed E-state index contributed by atoms with van der Waals surface area (Å²) >= 11 is 0. The zero-order valence-corrected chi connectivity index (χ0v) is 48.6. The minimum atomic E-state index is -0.0307. The molecule has 0 heterocycles. The second-order valence-corrected chi connectivity index (χ2v) is 20.4. The second kappa shape index (κ2) is 70.0. The number of esters is 1. The Morgan fingerprint density at radius 1 is 0.294 bits per heavy atom. The average Bonchev–Trinajstić information content (AvgIpc) is 3.31. The van der Waals surface area contributed by atoms with Gasteiger partial charge in [-0.2, -0.15) is 0 Å². The molecule has 0 spiro atoms. The number of rotatable bonds is 46. The normalized spacial score (nSPS) is 11.9. The molecular weight excluding hydrogens is 841 g/mol. The van der Waals surface area contributed by atoms with Gasteiger partial charge in [0.15, 0.2) is 0 Å². The summed E-state index contributed by atoms with van der Waals surface area (Å²) in [4.78, 5) is 32.6. The van der Waals surface area contributed by atoms with Gasteiger partial charge in [0.1, 0.15) is 17.7 Å². The Balaban J connectivity index is -0.000000275. The summed E-state index contributed by atoms with van der Waals surface area (Å²) in [6, 6.07) is 0. The van der Waals surface area contributed by atoms with Crippen molar-refractivity contribution in [2.75, 3.05) is 0 Å². The van der Waals surface area contributed by atoms with Crippen LogP contribution in [-0.4, -0.2) is 46.1 Å². The molecule has 3 atom stereocenters. The molecule has 0 aromatic heterocycles. The lowest BCUT2D eigenvalue weighted by Gasteiger charge is -2.18. The number of hydrogen-bond acceptors (Lipinski definition) is 6. The van der Waals surface area contributed by atoms with Gasteiger partial charge >= 0.3 is 5.97 Å². The highest BCUT2D eigenvalue weighted by Crippen LogP contribution is 2.19. The van der Waals surface area contributed by atoms with Crippen molar-refractivity contribution in [3.05, 3.63) is 0 Å². The van der Waals surface area contributed by atoms with Gasteiger partial charge in [0.2, 0.25) is 0 Å². The maximum atomic E-state index is 12.3. The predicted octanol–water partition coefficient (Wildman–Crippen LogP) is 20.5. The standard InChI is InChI=1S/C26H52O2.C14H30O.C10H22O.C7H14O.C5H10O/c1-4-7-10-13-15-17-20-23-25(22-19-12-9-6-3)28-26(27)24-21-18-16-14-11-8-5-2;1-3-5-7-9-11-13-14(15)12-10-8-6-4-2;1-3-5-6-7-9-10(11)8-4-2;1-3-4-5-6-7(2)8;1-3-4-5(2)6/h25H,4-24H2,1-3H3;14-15H,3-13H2,1-2H3;10-11H,3-9H2,1-2H3;3-6H2,1-2H3;3-4H2,1-2H3. The molecule has 3 unspecified atom stereocenters. The molecule has 0 saturated heterocycles. The van der Waals surface area contributed by atoms with Crippen LogP contribution in [0.15, 0.2) is 0 Å². The summed E-state index contributed by atoms with van der Waals surface area (Å²) in [7, 11) is 0. The van der Waals surface area contributed by atoms with Gasteiger partial charge in [-0.25, -0.2) is 0 Å². The van der Waals surface area contributed by atoms with Gasteiger partial charge in [0.25, 0.3) is 0 Å². The molecule has 0 aliphatic rings. The van der Waals surface area contributed by atoms with Crippen molar-refractivity contribution in [1.82, 2.24) is 0 Å². The second-order valence-electron chi connectivity index (χ2n) is 20.4. The quantitative estimate of drug-likeness (QED) is 0.0466. The maximum Gasteiger partial charge on any atom is 0.306 e. The Morgan fingerprint density at radius 3 is 0.868 bits per heavy atom. The number of unbranched alkanes of at least 4 members (excludes halogenated alkanes) is 27. The average molecular weight is 970 g/mol. The number of aliphatic hydroxyl groups is 2. The minimum Gasteiger partial charge on any atom is -0.462 e. The fourth-order valence-corrected chi connectivity index (χ4v) is 8.06. The van der Waals surface area contributed by atoms with E-state index in [1.807, 2.05) is 6.92 Å². The van der Waals surface area contributed by atoms with Crippen LogP contribution in [0.4, 0.5) is 0 Å². The molecular formula is C62H128O6. The number of Topliss-reactive ketones (excluding diaryl/α,β-unsaturated/α-hetero) is 2. The van der Waals surface area contributed by atoms with Crippen LogP contribution in [0.2, 0.25) is 0 Å². The molecule has 0 fully saturated rings. The van der Waals surface area contributed by atoms with Crippen LogP contribution < -0.4 is 0 Å². The van der Waals surface area contributed by atoms with Gasteiger partial charge < -0.3 is 24.5 Å². The fraction of sp³-hybridized carbons (Fsp3) is 0.952. The molecule has 0 aliphatic heterocycles. The van der Waals surface area contributed by atoms with E-state index in [-0.39, 0.29) is 30.1 Å². The van der Waals surface area contributed by atoms with Gasteiger partial charge in [-0.3, -0.25) is 4.79 Å². The summed E-state index contributed by atoms with van der Waals surface area (Å²) in [5, 5.41) is 19.1. The summed E-state index contributed by atoms with van der Waals surface area (Å²) < 4.78 is 5.88. The molecule has 6 nitrogen and oxygen atoms in total. The first kappa shape index (κ1) is 75.7. The molecule has 0 radical (unpaired) electrons. The molecule has 68 heavy (non-hydrogen) atoms. The van der Waals surface area contributed by atoms with Crippen LogP contribution in [0, 0.1) is 0 Å². The monoisotopic (exact) mass is 969 g/mol. The molecule has 0 bridgehead atoms. The van der Waals surface area contributed by atoms with Crippen molar-refractivity contribution < 1.29 is 29.3 Å². The van der Waals surface area contributed by atoms with Crippen molar-refractivity contribution in [3.8, 4) is 0 Å². The summed E-state index contributed by atoms with van der Waals surface area (Å²) in [5.74, 6) is 0.660. The Hall–Kier alpha value is -1.27. The van der Waals surface area contributed by atoms with Crippen LogP contribution in [0.5, 0.6) is 0 Å². The van der Waals surface area contributed by atoms with Crippen LogP contribution >= 0.6 is 0 Å². The smallest absolute Gasteiger partial charge is 0.306 e. The first-order valence-electron chi connectivity index (χ1n) is 30.4. The van der Waals surface area contributed by atoms with Gasteiger partial charge in [0.05, 0.1) is 12.2 Å². The Bertz CT molecular complexity index is 921. The third-order valence-corrected chi connectivity index (χ3v) is 12.6. The first-order valence-corrected chi connectivity index (χ1v) is 30.4. The SMILES string of the molecule is CCCC(C)=O.CCCCCC(C)=O.CCCCCCC(O)CCC.CCCCCCCC(O)CCCCCC.CCCCCCCCCC(=O)OC(CCCCCC)CCCCCCCCC. The predicted molar refractivity (Wildman–Crippen MR) is 302 cm³/mol. The number of aliphatic hydroxyl groups excluding tert-OH is 2. The topological polar surface area (TPSA) is 101 Å². The van der Waals surface area contributed by atoms with Crippen LogP contribution in [-0.2, 0) is 19.1 Å². The fourth-order valence-electron chi connectivity index (χ4n) is 8.06. The van der Waals surface area contributed by atoms with E-state index in [1.165, 1.54) is 205 Å². The highest BCUT2D eigenvalue weighted by atomic mass is 16.5. The van der Waals surface area contributed by atoms with Crippen molar-refractivity contribution in [2.45, 2.75) is 383 Å². The molecule has 0 rings (SSSR count). The van der Waals surface area contributed by atoms with Gasteiger partial charge in [-0.15, -0.1) is 0 Å². The highest BCUT2D eigenvalue weighted by molar-refractivity contribution is 5.75. The van der Waals surface area contributed by atoms with Crippen molar-refractivity contribution >= 4 is 17.5 Å². The molecule has 0 aliphatic carbocycles. The summed E-state index contributed by atoms with van der Waals surface area (Å²) in [6.07, 6.45) is 53.8. The van der Waals surface area contributed by atoms with E-state index in [2.05, 4.69) is 55.4 Å². The van der Waals surface area contributed by atoms with E-state index in [0.717, 1.165) is 77.0 Å². The molecule has 6 heteroatoms. The molecule has 0 amide bonds. The molecule has 0 aromatic rings. The number of carbonyl (C=O) groups excluding carboxylic acids is 3. The van der Waals surface area contributed by atoms with Crippen LogP contribution in [0.25, 0.3) is 0 Å². The van der Waals surface area contributed by atoms with E-state index in [4.69, 9.17) is 4.74 Å². The van der Waals surface area contributed by atoms with Gasteiger partial charge in [-0.05, 0) is 84.5 Å². The number of hydrogen-bond donors (Lipinski definition) is 2. The van der Waals surface area contributed by atoms with Crippen LogP contribution in [0.3, 0.4) is 0 Å². The largest absolute Gasteiger partial charge is 0.462 e.